The maximum atomic E-state index is 14.6. The van der Waals surface area contributed by atoms with Crippen LogP contribution in [0.5, 0.6) is 0 Å². The van der Waals surface area contributed by atoms with Crippen LogP contribution >= 0.6 is 0 Å². The van der Waals surface area contributed by atoms with Crippen LogP contribution in [0, 0.1) is 5.82 Å². The summed E-state index contributed by atoms with van der Waals surface area (Å²) >= 11 is 0. The number of fused-ring (bicyclic) bond motifs is 2. The summed E-state index contributed by atoms with van der Waals surface area (Å²) in [5.74, 6) is -0.373. The summed E-state index contributed by atoms with van der Waals surface area (Å²) in [4.78, 5) is 25.6. The molecule has 1 aliphatic rings. The maximum Gasteiger partial charge on any atom is 0.410 e. The molecule has 0 radical (unpaired) electrons. The van der Waals surface area contributed by atoms with Crippen molar-refractivity contribution in [2.75, 3.05) is 25.0 Å². The summed E-state index contributed by atoms with van der Waals surface area (Å²) in [7, 11) is 3.78. The van der Waals surface area contributed by atoms with Crippen molar-refractivity contribution in [2.45, 2.75) is 38.8 Å². The topological polar surface area (TPSA) is 76.4 Å². The highest BCUT2D eigenvalue weighted by atomic mass is 19.1. The van der Waals surface area contributed by atoms with E-state index in [2.05, 4.69) is 20.0 Å². The molecular formula is C26H29FN6O2. The first-order chi connectivity index (χ1) is 16.6. The fourth-order valence-electron chi connectivity index (χ4n) is 4.47. The Kier molecular flexibility index (Phi) is 5.57. The van der Waals surface area contributed by atoms with Gasteiger partial charge in [-0.2, -0.15) is 5.10 Å². The fourth-order valence-corrected chi connectivity index (χ4v) is 4.47. The third kappa shape index (κ3) is 4.62. The van der Waals surface area contributed by atoms with Gasteiger partial charge in [-0.15, -0.1) is 0 Å². The molecule has 4 aromatic rings. The Balaban J connectivity index is 1.35. The number of hydrogen-bond acceptors (Lipinski definition) is 6. The molecule has 0 aliphatic carbocycles. The molecule has 0 spiro atoms. The van der Waals surface area contributed by atoms with Crippen molar-refractivity contribution in [3.05, 3.63) is 48.5 Å². The minimum absolute atomic E-state index is 0.170. The predicted octanol–water partition coefficient (Wildman–Crippen LogP) is 4.77. The molecule has 8 nitrogen and oxygen atoms in total. The number of rotatable bonds is 3. The average molecular weight is 477 g/mol. The van der Waals surface area contributed by atoms with Gasteiger partial charge >= 0.3 is 6.09 Å². The van der Waals surface area contributed by atoms with E-state index in [1.807, 2.05) is 52.1 Å². The van der Waals surface area contributed by atoms with Crippen LogP contribution in [0.2, 0.25) is 0 Å². The van der Waals surface area contributed by atoms with Gasteiger partial charge in [-0.1, -0.05) is 0 Å². The highest BCUT2D eigenvalue weighted by Gasteiger charge is 2.32. The molecule has 35 heavy (non-hydrogen) atoms. The third-order valence-corrected chi connectivity index (χ3v) is 6.27. The standard InChI is InChI=1S/C26H29FN6O2/c1-26(2,3)35-25(34)33-9-8-19(15-33)32(5)20-11-16-6-7-22(29-24(16)28-13-20)17-10-18-14-31(4)30-23(18)21(27)12-17/h6-7,10-14,19H,8-9,15H2,1-5H3. The number of carbonyl (C=O) groups is 1. The second kappa shape index (κ2) is 8.48. The number of likely N-dealkylation sites (N-methyl/N-ethyl adjacent to an activating group) is 1. The monoisotopic (exact) mass is 476 g/mol. The van der Waals surface area contributed by atoms with E-state index in [9.17, 15) is 9.18 Å². The van der Waals surface area contributed by atoms with Gasteiger partial charge in [0.25, 0.3) is 0 Å². The maximum absolute atomic E-state index is 14.6. The number of carbonyl (C=O) groups excluding carboxylic acids is 1. The van der Waals surface area contributed by atoms with Crippen LogP contribution in [-0.2, 0) is 11.8 Å². The lowest BCUT2D eigenvalue weighted by atomic mass is 10.1. The smallest absolute Gasteiger partial charge is 0.410 e. The number of pyridine rings is 2. The first kappa shape index (κ1) is 23.0. The van der Waals surface area contributed by atoms with Gasteiger partial charge < -0.3 is 14.5 Å². The van der Waals surface area contributed by atoms with Crippen LogP contribution in [0.1, 0.15) is 27.2 Å². The molecule has 0 bridgehead atoms. The van der Waals surface area contributed by atoms with Crippen LogP contribution in [-0.4, -0.2) is 62.5 Å². The van der Waals surface area contributed by atoms with Crippen molar-refractivity contribution in [3.63, 3.8) is 0 Å². The molecule has 0 N–H and O–H groups in total. The Morgan fingerprint density at radius 1 is 1.20 bits per heavy atom. The van der Waals surface area contributed by atoms with Gasteiger partial charge in [0.1, 0.15) is 11.1 Å². The van der Waals surface area contributed by atoms with Gasteiger partial charge in [0.05, 0.1) is 17.6 Å². The van der Waals surface area contributed by atoms with Gasteiger partial charge in [-0.05, 0) is 57.5 Å². The number of aromatic nitrogens is 4. The number of anilines is 1. The zero-order valence-corrected chi connectivity index (χ0v) is 20.6. The van der Waals surface area contributed by atoms with E-state index in [0.29, 0.717) is 35.5 Å². The highest BCUT2D eigenvalue weighted by molar-refractivity contribution is 5.86. The number of likely N-dealkylation sites (tertiary alicyclic amines) is 1. The van der Waals surface area contributed by atoms with Crippen LogP contribution in [0.3, 0.4) is 0 Å². The van der Waals surface area contributed by atoms with Crippen LogP contribution in [0.4, 0.5) is 14.9 Å². The Morgan fingerprint density at radius 2 is 2.00 bits per heavy atom. The van der Waals surface area contributed by atoms with E-state index in [0.717, 1.165) is 22.9 Å². The van der Waals surface area contributed by atoms with Crippen LogP contribution in [0.15, 0.2) is 42.7 Å². The molecule has 4 heterocycles. The largest absolute Gasteiger partial charge is 0.444 e. The Labute approximate surface area is 203 Å². The molecular weight excluding hydrogens is 447 g/mol. The van der Waals surface area contributed by atoms with Gasteiger partial charge in [-0.3, -0.25) is 4.68 Å². The zero-order valence-electron chi connectivity index (χ0n) is 20.6. The first-order valence-electron chi connectivity index (χ1n) is 11.7. The summed E-state index contributed by atoms with van der Waals surface area (Å²) in [6.07, 6.45) is 4.16. The van der Waals surface area contributed by atoms with Crippen molar-refractivity contribution >= 4 is 33.7 Å². The Hall–Kier alpha value is -3.75. The predicted molar refractivity (Wildman–Crippen MR) is 134 cm³/mol. The summed E-state index contributed by atoms with van der Waals surface area (Å²) < 4.78 is 21.7. The third-order valence-electron chi connectivity index (χ3n) is 6.27. The lowest BCUT2D eigenvalue weighted by Gasteiger charge is -2.28. The van der Waals surface area contributed by atoms with Gasteiger partial charge in [0, 0.05) is 55.8 Å². The van der Waals surface area contributed by atoms with E-state index < -0.39 is 5.60 Å². The van der Waals surface area contributed by atoms with Crippen LogP contribution in [0.25, 0.3) is 33.2 Å². The van der Waals surface area contributed by atoms with Crippen molar-refractivity contribution in [2.24, 2.45) is 7.05 Å². The number of ether oxygens (including phenoxy) is 1. The second-order valence-electron chi connectivity index (χ2n) is 10.1. The lowest BCUT2D eigenvalue weighted by Crippen LogP contribution is -2.39. The molecule has 1 amide bonds. The number of nitrogens with zero attached hydrogens (tertiary/aromatic N) is 6. The molecule has 3 aromatic heterocycles. The number of hydrogen-bond donors (Lipinski definition) is 0. The van der Waals surface area contributed by atoms with Gasteiger partial charge in [0.15, 0.2) is 11.5 Å². The van der Waals surface area contributed by atoms with E-state index >= 15 is 0 Å². The quantitative estimate of drug-likeness (QED) is 0.424. The van der Waals surface area contributed by atoms with E-state index in [4.69, 9.17) is 4.74 Å². The minimum atomic E-state index is -0.509. The normalized spacial score (nSPS) is 16.3. The molecule has 1 unspecified atom stereocenters. The molecule has 1 aromatic carbocycles. The molecule has 9 heteroatoms. The number of aryl methyl sites for hydroxylation is 1. The van der Waals surface area contributed by atoms with E-state index in [1.54, 1.807) is 29.0 Å². The van der Waals surface area contributed by atoms with E-state index in [1.165, 1.54) is 6.07 Å². The summed E-state index contributed by atoms with van der Waals surface area (Å²) in [6.45, 7) is 6.88. The molecule has 5 rings (SSSR count). The van der Waals surface area contributed by atoms with Crippen molar-refractivity contribution in [3.8, 4) is 11.3 Å². The first-order valence-corrected chi connectivity index (χ1v) is 11.7. The van der Waals surface area contributed by atoms with Crippen LogP contribution < -0.4 is 4.90 Å². The van der Waals surface area contributed by atoms with Crippen molar-refractivity contribution in [1.82, 2.24) is 24.6 Å². The molecule has 1 fully saturated rings. The summed E-state index contributed by atoms with van der Waals surface area (Å²) in [5.41, 5.74) is 2.71. The Bertz CT molecular complexity index is 1430. The number of halogens is 1. The SMILES string of the molecule is CN(c1cnc2nc(-c3cc(F)c4nn(C)cc4c3)ccc2c1)C1CCN(C(=O)OC(C)(C)C)C1. The molecule has 1 aliphatic heterocycles. The van der Waals surface area contributed by atoms with E-state index in [-0.39, 0.29) is 18.0 Å². The lowest BCUT2D eigenvalue weighted by molar-refractivity contribution is 0.0292. The highest BCUT2D eigenvalue weighted by Crippen LogP contribution is 2.28. The van der Waals surface area contributed by atoms with Gasteiger partial charge in [0.2, 0.25) is 0 Å². The minimum Gasteiger partial charge on any atom is -0.444 e. The molecule has 1 atom stereocenters. The number of amides is 1. The van der Waals surface area contributed by atoms with Crippen molar-refractivity contribution < 1.29 is 13.9 Å². The average Bonchev–Trinajstić information content (AvgIpc) is 3.43. The summed E-state index contributed by atoms with van der Waals surface area (Å²) in [6, 6.07) is 9.39. The fraction of sp³-hybridized carbons (Fsp3) is 0.385. The summed E-state index contributed by atoms with van der Waals surface area (Å²) in [5, 5.41) is 5.78. The number of benzene rings is 1. The van der Waals surface area contributed by atoms with Crippen molar-refractivity contribution in [1.29, 1.82) is 0 Å². The Morgan fingerprint density at radius 3 is 2.77 bits per heavy atom. The molecule has 0 saturated carbocycles. The molecule has 182 valence electrons. The zero-order chi connectivity index (χ0) is 24.9. The van der Waals surface area contributed by atoms with Gasteiger partial charge in [-0.25, -0.2) is 19.2 Å². The molecule has 1 saturated heterocycles. The second-order valence-corrected chi connectivity index (χ2v) is 10.1.